The average molecular weight is 278 g/mol. The lowest BCUT2D eigenvalue weighted by Crippen LogP contribution is -2.15. The van der Waals surface area contributed by atoms with Crippen molar-refractivity contribution in [2.75, 3.05) is 0 Å². The lowest BCUT2D eigenvalue weighted by atomic mass is 9.93. The Morgan fingerprint density at radius 1 is 1.00 bits per heavy atom. The zero-order valence-corrected chi connectivity index (χ0v) is 12.1. The van der Waals surface area contributed by atoms with Gasteiger partial charge in [0.1, 0.15) is 5.82 Å². The largest absolute Gasteiger partial charge is 0.320 e. The maximum atomic E-state index is 13.9. The summed E-state index contributed by atoms with van der Waals surface area (Å²) in [6.07, 6.45) is 0. The second-order valence-electron chi connectivity index (χ2n) is 4.96. The smallest absolute Gasteiger partial charge is 0.128 e. The summed E-state index contributed by atoms with van der Waals surface area (Å²) in [5.41, 5.74) is 10.6. The Morgan fingerprint density at radius 3 is 2.37 bits per heavy atom. The number of aryl methyl sites for hydroxylation is 3. The molecule has 1 nitrogen and oxygen atoms in total. The van der Waals surface area contributed by atoms with Crippen LogP contribution >= 0.6 is 11.6 Å². The minimum Gasteiger partial charge on any atom is -0.320 e. The van der Waals surface area contributed by atoms with Crippen LogP contribution in [0.25, 0.3) is 0 Å². The fourth-order valence-electron chi connectivity index (χ4n) is 2.21. The molecule has 1 unspecified atom stereocenters. The number of benzene rings is 2. The number of rotatable bonds is 2. The summed E-state index contributed by atoms with van der Waals surface area (Å²) in [6, 6.07) is 8.33. The highest BCUT2D eigenvalue weighted by Crippen LogP contribution is 2.29. The van der Waals surface area contributed by atoms with Crippen LogP contribution < -0.4 is 5.73 Å². The van der Waals surface area contributed by atoms with Gasteiger partial charge in [0.05, 0.1) is 6.04 Å². The van der Waals surface area contributed by atoms with Crippen LogP contribution in [0.3, 0.4) is 0 Å². The molecule has 0 saturated heterocycles. The Morgan fingerprint density at radius 2 is 1.68 bits per heavy atom. The molecule has 2 aromatic carbocycles. The summed E-state index contributed by atoms with van der Waals surface area (Å²) >= 11 is 6.08. The van der Waals surface area contributed by atoms with Crippen molar-refractivity contribution in [2.45, 2.75) is 26.8 Å². The third-order valence-corrected chi connectivity index (χ3v) is 3.78. The zero-order valence-electron chi connectivity index (χ0n) is 11.3. The summed E-state index contributed by atoms with van der Waals surface area (Å²) in [6.45, 7) is 5.79. The van der Waals surface area contributed by atoms with Gasteiger partial charge in [0, 0.05) is 10.6 Å². The molecule has 0 amide bonds. The monoisotopic (exact) mass is 277 g/mol. The molecule has 0 aliphatic carbocycles. The molecular formula is C16H17ClFN. The molecule has 0 radical (unpaired) electrons. The van der Waals surface area contributed by atoms with Gasteiger partial charge in [0.25, 0.3) is 0 Å². The van der Waals surface area contributed by atoms with Crippen molar-refractivity contribution in [1.82, 2.24) is 0 Å². The van der Waals surface area contributed by atoms with Gasteiger partial charge in [-0.2, -0.15) is 0 Å². The average Bonchev–Trinajstić information content (AvgIpc) is 2.36. The van der Waals surface area contributed by atoms with Crippen molar-refractivity contribution in [3.8, 4) is 0 Å². The molecule has 19 heavy (non-hydrogen) atoms. The molecule has 2 rings (SSSR count). The summed E-state index contributed by atoms with van der Waals surface area (Å²) in [4.78, 5) is 0. The van der Waals surface area contributed by atoms with E-state index < -0.39 is 6.04 Å². The van der Waals surface area contributed by atoms with E-state index in [1.807, 2.05) is 32.9 Å². The van der Waals surface area contributed by atoms with Gasteiger partial charge in [-0.3, -0.25) is 0 Å². The first-order chi connectivity index (χ1) is 8.90. The Balaban J connectivity index is 2.52. The second kappa shape index (κ2) is 5.32. The molecule has 1 atom stereocenters. The molecule has 0 bridgehead atoms. The van der Waals surface area contributed by atoms with Crippen molar-refractivity contribution in [3.05, 3.63) is 69.0 Å². The van der Waals surface area contributed by atoms with Crippen LogP contribution in [0.2, 0.25) is 5.02 Å². The zero-order chi connectivity index (χ0) is 14.2. The third-order valence-electron chi connectivity index (χ3n) is 3.37. The third kappa shape index (κ3) is 2.80. The van der Waals surface area contributed by atoms with Crippen molar-refractivity contribution >= 4 is 11.6 Å². The van der Waals surface area contributed by atoms with Gasteiger partial charge in [-0.25, -0.2) is 4.39 Å². The van der Waals surface area contributed by atoms with Crippen LogP contribution in [0.15, 0.2) is 30.3 Å². The van der Waals surface area contributed by atoms with Gasteiger partial charge >= 0.3 is 0 Å². The van der Waals surface area contributed by atoms with Crippen LogP contribution in [0.1, 0.15) is 33.9 Å². The molecule has 0 saturated carbocycles. The van der Waals surface area contributed by atoms with Crippen LogP contribution in [0.4, 0.5) is 4.39 Å². The van der Waals surface area contributed by atoms with E-state index in [4.69, 9.17) is 17.3 Å². The minimum atomic E-state index is -0.476. The van der Waals surface area contributed by atoms with Gasteiger partial charge in [0.15, 0.2) is 0 Å². The topological polar surface area (TPSA) is 26.0 Å². The summed E-state index contributed by atoms with van der Waals surface area (Å²) in [5.74, 6) is -0.273. The van der Waals surface area contributed by atoms with Crippen LogP contribution in [0, 0.1) is 26.6 Å². The Kier molecular flexibility index (Phi) is 3.93. The number of halogens is 2. The lowest BCUT2D eigenvalue weighted by Gasteiger charge is -2.18. The number of hydrogen-bond acceptors (Lipinski definition) is 1. The van der Waals surface area contributed by atoms with Crippen LogP contribution in [0.5, 0.6) is 0 Å². The molecule has 100 valence electrons. The predicted octanol–water partition coefficient (Wildman–Crippen LogP) is 4.45. The second-order valence-corrected chi connectivity index (χ2v) is 5.37. The molecule has 0 heterocycles. The van der Waals surface area contributed by atoms with E-state index in [-0.39, 0.29) is 5.82 Å². The fourth-order valence-corrected chi connectivity index (χ4v) is 2.43. The normalized spacial score (nSPS) is 12.5. The van der Waals surface area contributed by atoms with Crippen molar-refractivity contribution in [1.29, 1.82) is 0 Å². The van der Waals surface area contributed by atoms with Crippen molar-refractivity contribution < 1.29 is 4.39 Å². The maximum Gasteiger partial charge on any atom is 0.128 e. The fraction of sp³-hybridized carbons (Fsp3) is 0.250. The summed E-state index contributed by atoms with van der Waals surface area (Å²) in [7, 11) is 0. The Hall–Kier alpha value is -1.38. The molecule has 0 aromatic heterocycles. The van der Waals surface area contributed by atoms with Crippen LogP contribution in [-0.2, 0) is 0 Å². The van der Waals surface area contributed by atoms with E-state index in [1.54, 1.807) is 12.1 Å². The Labute approximate surface area is 118 Å². The molecule has 2 aromatic rings. The molecule has 3 heteroatoms. The molecule has 0 spiro atoms. The van der Waals surface area contributed by atoms with Gasteiger partial charge in [-0.1, -0.05) is 35.4 Å². The first-order valence-corrected chi connectivity index (χ1v) is 6.56. The molecular weight excluding hydrogens is 261 g/mol. The summed E-state index contributed by atoms with van der Waals surface area (Å²) < 4.78 is 13.9. The number of nitrogens with two attached hydrogens (primary N) is 1. The highest BCUT2D eigenvalue weighted by Gasteiger charge is 2.16. The summed E-state index contributed by atoms with van der Waals surface area (Å²) in [5, 5.41) is 0.707. The number of hydrogen-bond donors (Lipinski definition) is 1. The van der Waals surface area contributed by atoms with E-state index in [1.165, 1.54) is 6.07 Å². The van der Waals surface area contributed by atoms with Gasteiger partial charge in [0.2, 0.25) is 0 Å². The van der Waals surface area contributed by atoms with Crippen molar-refractivity contribution in [3.63, 3.8) is 0 Å². The van der Waals surface area contributed by atoms with Gasteiger partial charge < -0.3 is 5.73 Å². The quantitative estimate of drug-likeness (QED) is 0.862. The maximum absolute atomic E-state index is 13.9. The van der Waals surface area contributed by atoms with E-state index in [0.717, 1.165) is 22.3 Å². The van der Waals surface area contributed by atoms with Gasteiger partial charge in [-0.05, 0) is 49.6 Å². The first-order valence-electron chi connectivity index (χ1n) is 6.18. The highest BCUT2D eigenvalue weighted by molar-refractivity contribution is 6.31. The molecule has 0 aliphatic rings. The van der Waals surface area contributed by atoms with E-state index in [2.05, 4.69) is 0 Å². The van der Waals surface area contributed by atoms with Crippen molar-refractivity contribution in [2.24, 2.45) is 5.73 Å². The van der Waals surface area contributed by atoms with Crippen LogP contribution in [-0.4, -0.2) is 0 Å². The highest BCUT2D eigenvalue weighted by atomic mass is 35.5. The molecule has 0 aliphatic heterocycles. The first kappa shape index (κ1) is 14.0. The Bertz CT molecular complexity index is 622. The predicted molar refractivity (Wildman–Crippen MR) is 78.1 cm³/mol. The van der Waals surface area contributed by atoms with Gasteiger partial charge in [-0.15, -0.1) is 0 Å². The standard InChI is InChI=1S/C16H17ClFN/c1-9-4-5-15(18)13(6-9)16(19)12-7-11(3)14(17)8-10(12)2/h4-8,16H,19H2,1-3H3. The van der Waals surface area contributed by atoms with E-state index in [9.17, 15) is 4.39 Å². The SMILES string of the molecule is Cc1ccc(F)c(C(N)c2cc(C)c(Cl)cc2C)c1. The van der Waals surface area contributed by atoms with E-state index in [0.29, 0.717) is 10.6 Å². The molecule has 2 N–H and O–H groups in total. The molecule has 0 fully saturated rings. The van der Waals surface area contributed by atoms with E-state index >= 15 is 0 Å². The lowest BCUT2D eigenvalue weighted by molar-refractivity contribution is 0.598. The minimum absolute atomic E-state index is 0.273.